The van der Waals surface area contributed by atoms with Crippen LogP contribution in [0.3, 0.4) is 0 Å². The maximum absolute atomic E-state index is 12.6. The molecule has 3 rings (SSSR count). The molecule has 0 heterocycles. The molecule has 0 aliphatic rings. The Morgan fingerprint density at radius 2 is 1.42 bits per heavy atom. The Hall–Kier alpha value is -1.66. The van der Waals surface area contributed by atoms with Gasteiger partial charge in [-0.3, -0.25) is 4.72 Å². The summed E-state index contributed by atoms with van der Waals surface area (Å²) in [6.07, 6.45) is 0. The third-order valence-electron chi connectivity index (χ3n) is 3.43. The topological polar surface area (TPSA) is 66.4 Å². The molecule has 0 amide bonds. The number of anilines is 1. The third-order valence-corrected chi connectivity index (χ3v) is 5.89. The number of sulfonamides is 1. The van der Waals surface area contributed by atoms with E-state index in [4.69, 9.17) is 34.8 Å². The highest BCUT2D eigenvalue weighted by molar-refractivity contribution is 7.92. The number of fused-ring (bicyclic) bond motifs is 1. The van der Waals surface area contributed by atoms with Crippen LogP contribution in [0.1, 0.15) is 0 Å². The Balaban J connectivity index is 2.18. The molecule has 0 radical (unpaired) electrons. The van der Waals surface area contributed by atoms with Gasteiger partial charge >= 0.3 is 0 Å². The molecule has 3 aromatic carbocycles. The van der Waals surface area contributed by atoms with Gasteiger partial charge in [-0.1, -0.05) is 59.1 Å². The monoisotopic (exact) mass is 401 g/mol. The van der Waals surface area contributed by atoms with Gasteiger partial charge in [0.15, 0.2) is 0 Å². The Bertz CT molecular complexity index is 1030. The first kappa shape index (κ1) is 17.2. The minimum absolute atomic E-state index is 0.0243. The van der Waals surface area contributed by atoms with Crippen molar-refractivity contribution in [3.63, 3.8) is 0 Å². The lowest BCUT2D eigenvalue weighted by Crippen LogP contribution is -2.13. The quantitative estimate of drug-likeness (QED) is 0.584. The zero-order chi connectivity index (χ0) is 17.5. The molecule has 2 N–H and O–H groups in total. The molecule has 24 heavy (non-hydrogen) atoms. The van der Waals surface area contributed by atoms with Crippen molar-refractivity contribution in [3.8, 4) is 5.75 Å². The number of benzene rings is 3. The second-order valence-corrected chi connectivity index (χ2v) is 7.83. The molecule has 8 heteroatoms. The molecule has 0 unspecified atom stereocenters. The maximum atomic E-state index is 12.6. The van der Waals surface area contributed by atoms with Crippen LogP contribution in [0.2, 0.25) is 15.1 Å². The first-order valence-electron chi connectivity index (χ1n) is 6.68. The van der Waals surface area contributed by atoms with Crippen LogP contribution in [-0.4, -0.2) is 13.5 Å². The highest BCUT2D eigenvalue weighted by atomic mass is 35.5. The Morgan fingerprint density at radius 3 is 2.04 bits per heavy atom. The van der Waals surface area contributed by atoms with Crippen molar-refractivity contribution < 1.29 is 13.5 Å². The number of halogens is 3. The van der Waals surface area contributed by atoms with E-state index in [-0.39, 0.29) is 26.4 Å². The van der Waals surface area contributed by atoms with E-state index in [2.05, 4.69) is 4.72 Å². The summed E-state index contributed by atoms with van der Waals surface area (Å²) in [6, 6.07) is 12.4. The lowest BCUT2D eigenvalue weighted by Gasteiger charge is -2.15. The van der Waals surface area contributed by atoms with Gasteiger partial charge in [0.2, 0.25) is 0 Å². The Kier molecular flexibility index (Phi) is 4.53. The molecule has 0 aromatic heterocycles. The normalized spacial score (nSPS) is 11.6. The second-order valence-electron chi connectivity index (χ2n) is 4.96. The molecular weight excluding hydrogens is 393 g/mol. The Labute approximate surface area is 153 Å². The molecular formula is C16H10Cl3NO3S. The Morgan fingerprint density at radius 1 is 0.833 bits per heavy atom. The van der Waals surface area contributed by atoms with Crippen LogP contribution >= 0.6 is 34.8 Å². The molecule has 4 nitrogen and oxygen atoms in total. The van der Waals surface area contributed by atoms with E-state index in [1.807, 2.05) is 0 Å². The number of phenols is 1. The highest BCUT2D eigenvalue weighted by Gasteiger charge is 2.21. The minimum Gasteiger partial charge on any atom is -0.506 e. The first-order valence-corrected chi connectivity index (χ1v) is 9.30. The summed E-state index contributed by atoms with van der Waals surface area (Å²) >= 11 is 18.0. The van der Waals surface area contributed by atoms with Crippen LogP contribution in [0.25, 0.3) is 10.8 Å². The van der Waals surface area contributed by atoms with Crippen LogP contribution < -0.4 is 4.72 Å². The standard InChI is InChI=1S/C16H10Cl3NO3S/c17-9-5-7-10(8-6-9)24(22,23)20-15-11-3-1-2-4-12(11)16(21)14(19)13(15)18/h1-8,20-21H. The fraction of sp³-hybridized carbons (Fsp3) is 0. The van der Waals surface area contributed by atoms with Gasteiger partial charge in [-0.2, -0.15) is 0 Å². The first-order chi connectivity index (χ1) is 11.3. The summed E-state index contributed by atoms with van der Waals surface area (Å²) in [5.74, 6) is -0.202. The third kappa shape index (κ3) is 3.00. The number of hydrogen-bond donors (Lipinski definition) is 2. The summed E-state index contributed by atoms with van der Waals surface area (Å²) in [5.41, 5.74) is 0.102. The molecule has 0 atom stereocenters. The lowest BCUT2D eigenvalue weighted by atomic mass is 10.1. The highest BCUT2D eigenvalue weighted by Crippen LogP contribution is 2.45. The minimum atomic E-state index is -3.91. The van der Waals surface area contributed by atoms with Crippen LogP contribution in [0.4, 0.5) is 5.69 Å². The molecule has 3 aromatic rings. The molecule has 124 valence electrons. The van der Waals surface area contributed by atoms with Crippen molar-refractivity contribution in [1.29, 1.82) is 0 Å². The van der Waals surface area contributed by atoms with Gasteiger partial charge in [-0.05, 0) is 24.3 Å². The summed E-state index contributed by atoms with van der Waals surface area (Å²) in [5, 5.41) is 11.1. The van der Waals surface area contributed by atoms with E-state index in [0.29, 0.717) is 15.8 Å². The average molecular weight is 403 g/mol. The fourth-order valence-electron chi connectivity index (χ4n) is 2.26. The molecule has 0 fully saturated rings. The van der Waals surface area contributed by atoms with Gasteiger partial charge < -0.3 is 5.11 Å². The maximum Gasteiger partial charge on any atom is 0.261 e. The van der Waals surface area contributed by atoms with Gasteiger partial charge in [0.25, 0.3) is 10.0 Å². The van der Waals surface area contributed by atoms with Gasteiger partial charge in [0, 0.05) is 15.8 Å². The van der Waals surface area contributed by atoms with Crippen LogP contribution in [-0.2, 0) is 10.0 Å². The van der Waals surface area contributed by atoms with Crippen molar-refractivity contribution in [2.45, 2.75) is 4.90 Å². The van der Waals surface area contributed by atoms with E-state index in [9.17, 15) is 13.5 Å². The van der Waals surface area contributed by atoms with Crippen LogP contribution in [0.15, 0.2) is 53.4 Å². The zero-order valence-corrected chi connectivity index (χ0v) is 15.0. The molecule has 0 spiro atoms. The predicted octanol–water partition coefficient (Wildman–Crippen LogP) is 5.31. The SMILES string of the molecule is O=S(=O)(Nc1c(Cl)c(Cl)c(O)c2ccccc12)c1ccc(Cl)cc1. The van der Waals surface area contributed by atoms with Crippen molar-refractivity contribution in [2.24, 2.45) is 0 Å². The van der Waals surface area contributed by atoms with Crippen LogP contribution in [0.5, 0.6) is 5.75 Å². The van der Waals surface area contributed by atoms with E-state index in [1.54, 1.807) is 24.3 Å². The molecule has 0 aliphatic carbocycles. The van der Waals surface area contributed by atoms with Gasteiger partial charge in [-0.15, -0.1) is 0 Å². The molecule has 0 saturated carbocycles. The lowest BCUT2D eigenvalue weighted by molar-refractivity contribution is 0.482. The average Bonchev–Trinajstić information content (AvgIpc) is 2.57. The predicted molar refractivity (Wildman–Crippen MR) is 97.9 cm³/mol. The smallest absolute Gasteiger partial charge is 0.261 e. The van der Waals surface area contributed by atoms with Gasteiger partial charge in [0.1, 0.15) is 10.8 Å². The van der Waals surface area contributed by atoms with E-state index in [0.717, 1.165) is 0 Å². The molecule has 0 aliphatic heterocycles. The van der Waals surface area contributed by atoms with E-state index < -0.39 is 10.0 Å². The van der Waals surface area contributed by atoms with E-state index in [1.165, 1.54) is 24.3 Å². The van der Waals surface area contributed by atoms with Crippen molar-refractivity contribution >= 4 is 61.3 Å². The van der Waals surface area contributed by atoms with Gasteiger partial charge in [0.05, 0.1) is 15.6 Å². The van der Waals surface area contributed by atoms with Crippen LogP contribution in [0, 0.1) is 0 Å². The van der Waals surface area contributed by atoms with E-state index >= 15 is 0 Å². The number of nitrogens with one attached hydrogen (secondary N) is 1. The van der Waals surface area contributed by atoms with Crippen molar-refractivity contribution in [2.75, 3.05) is 4.72 Å². The number of rotatable bonds is 3. The summed E-state index contributed by atoms with van der Waals surface area (Å²) in [6.45, 7) is 0. The van der Waals surface area contributed by atoms with Crippen molar-refractivity contribution in [3.05, 3.63) is 63.6 Å². The number of phenolic OH excluding ortho intramolecular Hbond substituents is 1. The second kappa shape index (κ2) is 6.33. The fourth-order valence-corrected chi connectivity index (χ4v) is 3.97. The summed E-state index contributed by atoms with van der Waals surface area (Å²) in [7, 11) is -3.91. The summed E-state index contributed by atoms with van der Waals surface area (Å²) in [4.78, 5) is 0.0243. The number of aromatic hydroxyl groups is 1. The number of hydrogen-bond acceptors (Lipinski definition) is 3. The molecule has 0 bridgehead atoms. The van der Waals surface area contributed by atoms with Gasteiger partial charge in [-0.25, -0.2) is 8.42 Å². The summed E-state index contributed by atoms with van der Waals surface area (Å²) < 4.78 is 27.6. The zero-order valence-electron chi connectivity index (χ0n) is 11.9. The molecule has 0 saturated heterocycles. The largest absolute Gasteiger partial charge is 0.506 e. The van der Waals surface area contributed by atoms with Crippen molar-refractivity contribution in [1.82, 2.24) is 0 Å².